The molecule has 0 saturated carbocycles. The number of phenols is 1. The number of benzene rings is 2. The summed E-state index contributed by atoms with van der Waals surface area (Å²) in [5.41, 5.74) is 4.75. The van der Waals surface area contributed by atoms with Crippen LogP contribution >= 0.6 is 0 Å². The Morgan fingerprint density at radius 3 is 2.40 bits per heavy atom. The zero-order valence-electron chi connectivity index (χ0n) is 22.1. The predicted octanol–water partition coefficient (Wildman–Crippen LogP) is 6.70. The third kappa shape index (κ3) is 9.77. The van der Waals surface area contributed by atoms with Crippen LogP contribution in [-0.4, -0.2) is 37.0 Å². The van der Waals surface area contributed by atoms with Crippen LogP contribution in [0.3, 0.4) is 0 Å². The Morgan fingerprint density at radius 2 is 1.77 bits per heavy atom. The van der Waals surface area contributed by atoms with E-state index < -0.39 is 12.1 Å². The quantitative estimate of drug-likeness (QED) is 0.226. The van der Waals surface area contributed by atoms with Crippen molar-refractivity contribution in [2.24, 2.45) is 5.92 Å². The molecular formula is C30H42O5. The minimum Gasteiger partial charge on any atom is -0.508 e. The van der Waals surface area contributed by atoms with Crippen LogP contribution in [0.4, 0.5) is 0 Å². The molecule has 2 unspecified atom stereocenters. The van der Waals surface area contributed by atoms with Gasteiger partial charge in [0, 0.05) is 24.7 Å². The van der Waals surface area contributed by atoms with Crippen LogP contribution in [-0.2, 0) is 20.7 Å². The number of hydrogen-bond donors (Lipinski definition) is 1. The largest absolute Gasteiger partial charge is 0.508 e. The highest BCUT2D eigenvalue weighted by Crippen LogP contribution is 2.27. The lowest BCUT2D eigenvalue weighted by atomic mass is 9.98. The molecule has 0 aliphatic carbocycles. The van der Waals surface area contributed by atoms with E-state index in [0.29, 0.717) is 30.3 Å². The number of rotatable bonds is 15. The summed E-state index contributed by atoms with van der Waals surface area (Å²) in [7, 11) is 0. The maximum absolute atomic E-state index is 12.1. The summed E-state index contributed by atoms with van der Waals surface area (Å²) in [6.45, 7) is 14.8. The van der Waals surface area contributed by atoms with E-state index in [-0.39, 0.29) is 19.0 Å². The van der Waals surface area contributed by atoms with E-state index >= 15 is 0 Å². The van der Waals surface area contributed by atoms with Crippen molar-refractivity contribution in [2.45, 2.75) is 72.8 Å². The van der Waals surface area contributed by atoms with Crippen LogP contribution in [0.1, 0.15) is 68.7 Å². The fourth-order valence-corrected chi connectivity index (χ4v) is 3.85. The molecule has 2 aromatic rings. The molecule has 1 N–H and O–H groups in total. The molecule has 0 radical (unpaired) electrons. The first-order valence-corrected chi connectivity index (χ1v) is 12.7. The van der Waals surface area contributed by atoms with E-state index in [0.717, 1.165) is 18.4 Å². The Morgan fingerprint density at radius 1 is 1.03 bits per heavy atom. The Kier molecular flexibility index (Phi) is 11.8. The fraction of sp³-hybridized carbons (Fsp3) is 0.500. The molecule has 0 amide bonds. The molecule has 5 heteroatoms. The monoisotopic (exact) mass is 482 g/mol. The van der Waals surface area contributed by atoms with Gasteiger partial charge >= 0.3 is 5.97 Å². The second kappa shape index (κ2) is 14.6. The second-order valence-electron chi connectivity index (χ2n) is 9.47. The number of phenolic OH excluding ortho intramolecular Hbond substituents is 1. The van der Waals surface area contributed by atoms with Crippen molar-refractivity contribution in [1.29, 1.82) is 0 Å². The lowest BCUT2D eigenvalue weighted by Gasteiger charge is -2.21. The Labute approximate surface area is 211 Å². The van der Waals surface area contributed by atoms with E-state index in [1.807, 2.05) is 12.1 Å². The Balaban J connectivity index is 1.98. The lowest BCUT2D eigenvalue weighted by Crippen LogP contribution is -2.31. The fourth-order valence-electron chi connectivity index (χ4n) is 3.85. The van der Waals surface area contributed by atoms with Crippen molar-refractivity contribution in [3.63, 3.8) is 0 Å². The molecule has 0 spiro atoms. The standard InChI is InChI=1S/C30H42O5/c1-7-9-10-24(8-2)18-33-19-28(35-30(32)21(3)4)20-34-27-14-13-26(29(31)17-27)16-25-12-11-22(5)15-23(25)6/h11-15,17,24,28,31H,3,7-10,16,18-20H2,1-2,4-6H3. The third-order valence-corrected chi connectivity index (χ3v) is 6.19. The van der Waals surface area contributed by atoms with E-state index in [1.165, 1.54) is 29.5 Å². The number of unbranched alkanes of at least 4 members (excludes halogenated alkanes) is 1. The molecule has 5 nitrogen and oxygen atoms in total. The molecule has 0 aliphatic rings. The maximum atomic E-state index is 12.1. The van der Waals surface area contributed by atoms with E-state index in [2.05, 4.69) is 52.5 Å². The average Bonchev–Trinajstić information content (AvgIpc) is 2.82. The maximum Gasteiger partial charge on any atom is 0.333 e. The molecule has 2 rings (SSSR count). The summed E-state index contributed by atoms with van der Waals surface area (Å²) in [5.74, 6) is 0.718. The molecule has 2 aromatic carbocycles. The molecule has 0 bridgehead atoms. The van der Waals surface area contributed by atoms with Crippen LogP contribution in [0, 0.1) is 19.8 Å². The van der Waals surface area contributed by atoms with Crippen molar-refractivity contribution in [2.75, 3.05) is 19.8 Å². The first-order chi connectivity index (χ1) is 16.7. The number of aryl methyl sites for hydroxylation is 2. The molecule has 0 aromatic heterocycles. The number of ether oxygens (including phenoxy) is 3. The summed E-state index contributed by atoms with van der Waals surface area (Å²) >= 11 is 0. The number of esters is 1. The van der Waals surface area contributed by atoms with Gasteiger partial charge in [0.1, 0.15) is 18.1 Å². The highest BCUT2D eigenvalue weighted by atomic mass is 16.6. The van der Waals surface area contributed by atoms with Gasteiger partial charge in [-0.3, -0.25) is 0 Å². The zero-order valence-corrected chi connectivity index (χ0v) is 22.1. The van der Waals surface area contributed by atoms with Crippen molar-refractivity contribution in [1.82, 2.24) is 0 Å². The molecular weight excluding hydrogens is 440 g/mol. The normalized spacial score (nSPS) is 12.7. The van der Waals surface area contributed by atoms with Gasteiger partial charge in [0.05, 0.1) is 6.61 Å². The highest BCUT2D eigenvalue weighted by Gasteiger charge is 2.18. The zero-order chi connectivity index (χ0) is 25.8. The summed E-state index contributed by atoms with van der Waals surface area (Å²) in [4.78, 5) is 12.1. The highest BCUT2D eigenvalue weighted by molar-refractivity contribution is 5.87. The first-order valence-electron chi connectivity index (χ1n) is 12.7. The van der Waals surface area contributed by atoms with Crippen molar-refractivity contribution < 1.29 is 24.1 Å². The van der Waals surface area contributed by atoms with Gasteiger partial charge in [-0.2, -0.15) is 0 Å². The van der Waals surface area contributed by atoms with Crippen molar-refractivity contribution >= 4 is 5.97 Å². The molecule has 0 heterocycles. The summed E-state index contributed by atoms with van der Waals surface area (Å²) < 4.78 is 17.3. The van der Waals surface area contributed by atoms with Crippen LogP contribution < -0.4 is 4.74 Å². The molecule has 35 heavy (non-hydrogen) atoms. The van der Waals surface area contributed by atoms with Crippen LogP contribution in [0.2, 0.25) is 0 Å². The van der Waals surface area contributed by atoms with Crippen LogP contribution in [0.25, 0.3) is 0 Å². The van der Waals surface area contributed by atoms with Gasteiger partial charge in [-0.25, -0.2) is 4.79 Å². The van der Waals surface area contributed by atoms with Gasteiger partial charge < -0.3 is 19.3 Å². The average molecular weight is 483 g/mol. The van der Waals surface area contributed by atoms with E-state index in [4.69, 9.17) is 14.2 Å². The van der Waals surface area contributed by atoms with E-state index in [1.54, 1.807) is 13.0 Å². The van der Waals surface area contributed by atoms with Gasteiger partial charge in [0.25, 0.3) is 0 Å². The van der Waals surface area contributed by atoms with Crippen LogP contribution in [0.5, 0.6) is 11.5 Å². The summed E-state index contributed by atoms with van der Waals surface area (Å²) in [6, 6.07) is 11.6. The number of carbonyl (C=O) groups excluding carboxylic acids is 1. The van der Waals surface area contributed by atoms with Gasteiger partial charge in [0.15, 0.2) is 6.10 Å². The molecule has 192 valence electrons. The van der Waals surface area contributed by atoms with Crippen molar-refractivity contribution in [3.05, 3.63) is 70.8 Å². The van der Waals surface area contributed by atoms with Gasteiger partial charge in [-0.15, -0.1) is 0 Å². The van der Waals surface area contributed by atoms with Gasteiger partial charge in [-0.05, 0) is 55.9 Å². The topological polar surface area (TPSA) is 65.0 Å². The summed E-state index contributed by atoms with van der Waals surface area (Å²) in [5, 5.41) is 10.6. The van der Waals surface area contributed by atoms with Crippen molar-refractivity contribution in [3.8, 4) is 11.5 Å². The van der Waals surface area contributed by atoms with Crippen LogP contribution in [0.15, 0.2) is 48.6 Å². The Bertz CT molecular complexity index is 965. The number of carbonyl (C=O) groups is 1. The Hall–Kier alpha value is -2.79. The molecule has 0 fully saturated rings. The molecule has 0 aliphatic heterocycles. The second-order valence-corrected chi connectivity index (χ2v) is 9.47. The SMILES string of the molecule is C=C(C)C(=O)OC(COCC(CC)CCCC)COc1ccc(Cc2ccc(C)cc2C)c(O)c1. The predicted molar refractivity (Wildman–Crippen MR) is 141 cm³/mol. The minimum absolute atomic E-state index is 0.126. The third-order valence-electron chi connectivity index (χ3n) is 6.19. The minimum atomic E-state index is -0.570. The summed E-state index contributed by atoms with van der Waals surface area (Å²) in [6.07, 6.45) is 4.61. The lowest BCUT2D eigenvalue weighted by molar-refractivity contribution is -0.149. The van der Waals surface area contributed by atoms with Gasteiger partial charge in [0.2, 0.25) is 0 Å². The van der Waals surface area contributed by atoms with E-state index in [9.17, 15) is 9.90 Å². The van der Waals surface area contributed by atoms with Gasteiger partial charge in [-0.1, -0.05) is 69.5 Å². The first kappa shape index (κ1) is 28.4. The number of hydrogen-bond acceptors (Lipinski definition) is 5. The molecule has 2 atom stereocenters. The number of aromatic hydroxyl groups is 1. The smallest absolute Gasteiger partial charge is 0.333 e. The molecule has 0 saturated heterocycles.